The van der Waals surface area contributed by atoms with E-state index >= 15 is 0 Å². The van der Waals surface area contributed by atoms with E-state index in [0.717, 1.165) is 18.4 Å². The lowest BCUT2D eigenvalue weighted by Gasteiger charge is -2.34. The minimum absolute atomic E-state index is 0.00596. The fourth-order valence-electron chi connectivity index (χ4n) is 3.28. The van der Waals surface area contributed by atoms with E-state index in [1.807, 2.05) is 44.2 Å². The van der Waals surface area contributed by atoms with E-state index in [1.165, 1.54) is 0 Å². The predicted molar refractivity (Wildman–Crippen MR) is 100 cm³/mol. The van der Waals surface area contributed by atoms with Crippen LogP contribution < -0.4 is 10.6 Å². The number of nitrogens with one attached hydrogen (secondary N) is 2. The number of piperidine rings is 1. The number of hydrogen-bond acceptors (Lipinski definition) is 2. The maximum atomic E-state index is 12.8. The summed E-state index contributed by atoms with van der Waals surface area (Å²) in [7, 11) is 0. The van der Waals surface area contributed by atoms with E-state index in [9.17, 15) is 9.59 Å². The molecule has 3 amide bonds. The van der Waals surface area contributed by atoms with E-state index in [-0.39, 0.29) is 29.9 Å². The first kappa shape index (κ1) is 19.3. The predicted octanol–water partition coefficient (Wildman–Crippen LogP) is 3.33. The third kappa shape index (κ3) is 5.48. The zero-order valence-corrected chi connectivity index (χ0v) is 15.8. The van der Waals surface area contributed by atoms with Gasteiger partial charge in [-0.1, -0.05) is 44.2 Å². The molecular formula is C20H31N3O2. The Hall–Kier alpha value is -2.04. The van der Waals surface area contributed by atoms with E-state index in [1.54, 1.807) is 4.90 Å². The molecule has 1 saturated heterocycles. The molecule has 0 radical (unpaired) electrons. The Morgan fingerprint density at radius 1 is 1.08 bits per heavy atom. The average Bonchev–Trinajstić information content (AvgIpc) is 2.59. The van der Waals surface area contributed by atoms with Gasteiger partial charge < -0.3 is 15.5 Å². The largest absolute Gasteiger partial charge is 0.349 e. The Balaban J connectivity index is 2.00. The Morgan fingerprint density at radius 2 is 1.76 bits per heavy atom. The molecule has 0 bridgehead atoms. The topological polar surface area (TPSA) is 61.4 Å². The zero-order valence-electron chi connectivity index (χ0n) is 15.8. The lowest BCUT2D eigenvalue weighted by molar-refractivity contribution is -0.127. The molecule has 0 aliphatic carbocycles. The van der Waals surface area contributed by atoms with Gasteiger partial charge in [-0.2, -0.15) is 0 Å². The van der Waals surface area contributed by atoms with Crippen LogP contribution in [0, 0.1) is 11.8 Å². The second kappa shape index (κ2) is 8.88. The van der Waals surface area contributed by atoms with E-state index in [2.05, 4.69) is 24.5 Å². The van der Waals surface area contributed by atoms with Gasteiger partial charge in [0.25, 0.3) is 0 Å². The lowest BCUT2D eigenvalue weighted by Crippen LogP contribution is -2.50. The highest BCUT2D eigenvalue weighted by Crippen LogP contribution is 2.24. The number of rotatable bonds is 5. The lowest BCUT2D eigenvalue weighted by atomic mass is 9.93. The number of hydrogen-bond donors (Lipinski definition) is 2. The number of urea groups is 1. The summed E-state index contributed by atoms with van der Waals surface area (Å²) < 4.78 is 0. The van der Waals surface area contributed by atoms with Gasteiger partial charge in [-0.25, -0.2) is 4.79 Å². The van der Waals surface area contributed by atoms with Crippen LogP contribution in [0.5, 0.6) is 0 Å². The van der Waals surface area contributed by atoms with Crippen molar-refractivity contribution < 1.29 is 9.59 Å². The van der Waals surface area contributed by atoms with Gasteiger partial charge >= 0.3 is 6.03 Å². The summed E-state index contributed by atoms with van der Waals surface area (Å²) in [6.45, 7) is 9.32. The molecule has 5 nitrogen and oxygen atoms in total. The van der Waals surface area contributed by atoms with E-state index in [0.29, 0.717) is 19.0 Å². The third-order valence-electron chi connectivity index (χ3n) is 4.61. The second-order valence-electron chi connectivity index (χ2n) is 7.53. The maximum Gasteiger partial charge on any atom is 0.317 e. The summed E-state index contributed by atoms with van der Waals surface area (Å²) in [4.78, 5) is 26.8. The quantitative estimate of drug-likeness (QED) is 0.860. The van der Waals surface area contributed by atoms with Gasteiger partial charge in [0, 0.05) is 19.1 Å². The van der Waals surface area contributed by atoms with Crippen molar-refractivity contribution in [1.82, 2.24) is 15.5 Å². The number of nitrogens with zero attached hydrogens (tertiary/aromatic N) is 1. The van der Waals surface area contributed by atoms with Crippen LogP contribution in [0.4, 0.5) is 4.79 Å². The van der Waals surface area contributed by atoms with Crippen molar-refractivity contribution in [2.45, 2.75) is 52.6 Å². The molecule has 2 atom stereocenters. The van der Waals surface area contributed by atoms with Crippen LogP contribution in [0.1, 0.15) is 52.1 Å². The molecule has 1 aliphatic rings. The van der Waals surface area contributed by atoms with Crippen molar-refractivity contribution in [3.63, 3.8) is 0 Å². The highest BCUT2D eigenvalue weighted by molar-refractivity contribution is 5.81. The number of benzene rings is 1. The number of carbonyl (C=O) groups excluding carboxylic acids is 2. The smallest absolute Gasteiger partial charge is 0.317 e. The normalized spacial score (nSPS) is 19.0. The molecule has 0 aromatic heterocycles. The van der Waals surface area contributed by atoms with Crippen LogP contribution in [0.3, 0.4) is 0 Å². The molecule has 0 spiro atoms. The van der Waals surface area contributed by atoms with Crippen LogP contribution in [0.2, 0.25) is 0 Å². The van der Waals surface area contributed by atoms with Gasteiger partial charge in [0.2, 0.25) is 5.91 Å². The van der Waals surface area contributed by atoms with Crippen LogP contribution in [-0.4, -0.2) is 36.0 Å². The number of carbonyl (C=O) groups is 2. The molecule has 1 fully saturated rings. The first-order chi connectivity index (χ1) is 11.9. The summed E-state index contributed by atoms with van der Waals surface area (Å²) in [5.74, 6) is 0.205. The molecular weight excluding hydrogens is 314 g/mol. The molecule has 1 aliphatic heterocycles. The van der Waals surface area contributed by atoms with Gasteiger partial charge in [-0.15, -0.1) is 0 Å². The van der Waals surface area contributed by atoms with E-state index < -0.39 is 0 Å². The molecule has 138 valence electrons. The SMILES string of the molecule is CC(C)NC(=O)N1CCC[C@@H](C(=O)N[C@H](c2ccccc2)C(C)C)C1. The molecule has 1 aromatic carbocycles. The zero-order chi connectivity index (χ0) is 18.4. The van der Waals surface area contributed by atoms with Crippen molar-refractivity contribution in [2.75, 3.05) is 13.1 Å². The average molecular weight is 345 g/mol. The molecule has 25 heavy (non-hydrogen) atoms. The Morgan fingerprint density at radius 3 is 2.36 bits per heavy atom. The first-order valence-electron chi connectivity index (χ1n) is 9.29. The van der Waals surface area contributed by atoms with Gasteiger partial charge in [0.1, 0.15) is 0 Å². The second-order valence-corrected chi connectivity index (χ2v) is 7.53. The Labute approximate surface area is 151 Å². The highest BCUT2D eigenvalue weighted by Gasteiger charge is 2.30. The Kier molecular flexibility index (Phi) is 6.85. The van der Waals surface area contributed by atoms with Crippen molar-refractivity contribution in [1.29, 1.82) is 0 Å². The maximum absolute atomic E-state index is 12.8. The minimum Gasteiger partial charge on any atom is -0.349 e. The highest BCUT2D eigenvalue weighted by atomic mass is 16.2. The van der Waals surface area contributed by atoms with Crippen molar-refractivity contribution in [3.8, 4) is 0 Å². The molecule has 5 heteroatoms. The summed E-state index contributed by atoms with van der Waals surface area (Å²) in [5, 5.41) is 6.12. The van der Waals surface area contributed by atoms with E-state index in [4.69, 9.17) is 0 Å². The third-order valence-corrected chi connectivity index (χ3v) is 4.61. The fourth-order valence-corrected chi connectivity index (χ4v) is 3.28. The van der Waals surface area contributed by atoms with Gasteiger partial charge in [-0.3, -0.25) is 4.79 Å². The van der Waals surface area contributed by atoms with Crippen molar-refractivity contribution >= 4 is 11.9 Å². The molecule has 0 unspecified atom stereocenters. The Bertz CT molecular complexity index is 572. The summed E-state index contributed by atoms with van der Waals surface area (Å²) in [6, 6.07) is 10.1. The summed E-state index contributed by atoms with van der Waals surface area (Å²) in [5.41, 5.74) is 1.12. The fraction of sp³-hybridized carbons (Fsp3) is 0.600. The molecule has 1 aromatic rings. The molecule has 2 rings (SSSR count). The molecule has 2 N–H and O–H groups in total. The van der Waals surface area contributed by atoms with Crippen molar-refractivity contribution in [2.24, 2.45) is 11.8 Å². The molecule has 1 heterocycles. The summed E-state index contributed by atoms with van der Waals surface area (Å²) >= 11 is 0. The standard InChI is InChI=1S/C20H31N3O2/c1-14(2)18(16-9-6-5-7-10-16)22-19(24)17-11-8-12-23(13-17)20(25)21-15(3)4/h5-7,9-10,14-15,17-18H,8,11-13H2,1-4H3,(H,21,25)(H,22,24)/t17-,18+/m1/s1. The first-order valence-corrected chi connectivity index (χ1v) is 9.29. The van der Waals surface area contributed by atoms with Crippen molar-refractivity contribution in [3.05, 3.63) is 35.9 Å². The minimum atomic E-state index is -0.142. The van der Waals surface area contributed by atoms with Crippen LogP contribution in [-0.2, 0) is 4.79 Å². The monoisotopic (exact) mass is 345 g/mol. The number of likely N-dealkylation sites (tertiary alicyclic amines) is 1. The van der Waals surface area contributed by atoms with Crippen LogP contribution in [0.25, 0.3) is 0 Å². The van der Waals surface area contributed by atoms with Crippen LogP contribution >= 0.6 is 0 Å². The van der Waals surface area contributed by atoms with Crippen LogP contribution in [0.15, 0.2) is 30.3 Å². The van der Waals surface area contributed by atoms with Gasteiger partial charge in [0.15, 0.2) is 0 Å². The van der Waals surface area contributed by atoms with Gasteiger partial charge in [0.05, 0.1) is 12.0 Å². The summed E-state index contributed by atoms with van der Waals surface area (Å²) in [6.07, 6.45) is 1.69. The number of amides is 3. The molecule has 0 saturated carbocycles. The van der Waals surface area contributed by atoms with Gasteiger partial charge in [-0.05, 0) is 38.2 Å².